The highest BCUT2D eigenvalue weighted by atomic mass is 19.1. The predicted molar refractivity (Wildman–Crippen MR) is 117 cm³/mol. The number of hydrogen-bond acceptors (Lipinski definition) is 4. The van der Waals surface area contributed by atoms with E-state index in [-0.39, 0.29) is 18.3 Å². The lowest BCUT2D eigenvalue weighted by molar-refractivity contribution is -0.142. The molecule has 2 aromatic rings. The number of urea groups is 1. The highest BCUT2D eigenvalue weighted by molar-refractivity contribution is 5.99. The number of halogens is 1. The Morgan fingerprint density at radius 2 is 1.74 bits per heavy atom. The molecule has 0 atom stereocenters. The predicted octanol–water partition coefficient (Wildman–Crippen LogP) is 4.16. The van der Waals surface area contributed by atoms with Crippen LogP contribution in [0.25, 0.3) is 0 Å². The number of benzene rings is 2. The van der Waals surface area contributed by atoms with E-state index in [1.54, 1.807) is 18.2 Å². The summed E-state index contributed by atoms with van der Waals surface area (Å²) in [5.74, 6) is -0.847. The molecule has 0 unspecified atom stereocenters. The molecule has 0 saturated heterocycles. The molecule has 1 aliphatic rings. The van der Waals surface area contributed by atoms with Crippen LogP contribution in [-0.2, 0) is 9.53 Å². The number of amides is 2. The third-order valence-corrected chi connectivity index (χ3v) is 5.55. The van der Waals surface area contributed by atoms with Gasteiger partial charge in [-0.3, -0.25) is 4.90 Å². The van der Waals surface area contributed by atoms with Crippen LogP contribution in [0, 0.1) is 17.7 Å². The Morgan fingerprint density at radius 1 is 1.06 bits per heavy atom. The molecule has 0 heterocycles. The van der Waals surface area contributed by atoms with Gasteiger partial charge < -0.3 is 20.9 Å². The number of nitrogens with zero attached hydrogens (tertiary/aromatic N) is 1. The van der Waals surface area contributed by atoms with Crippen molar-refractivity contribution in [1.82, 2.24) is 5.32 Å². The summed E-state index contributed by atoms with van der Waals surface area (Å²) in [4.78, 5) is 25.0. The van der Waals surface area contributed by atoms with Crippen molar-refractivity contribution in [3.8, 4) is 0 Å². The van der Waals surface area contributed by atoms with E-state index in [0.29, 0.717) is 36.4 Å². The van der Waals surface area contributed by atoms with E-state index in [1.807, 2.05) is 18.2 Å². The molecule has 2 aromatic carbocycles. The molecule has 166 valence electrons. The molecular formula is C23H28FN3O4. The van der Waals surface area contributed by atoms with Gasteiger partial charge in [0.1, 0.15) is 12.4 Å². The molecule has 0 radical (unpaired) electrons. The molecule has 0 aromatic heterocycles. The fourth-order valence-electron chi connectivity index (χ4n) is 3.84. The zero-order valence-electron chi connectivity index (χ0n) is 17.3. The number of nitrogens with one attached hydrogen (secondary N) is 1. The van der Waals surface area contributed by atoms with Gasteiger partial charge in [-0.25, -0.2) is 14.0 Å². The van der Waals surface area contributed by atoms with Crippen molar-refractivity contribution in [3.05, 3.63) is 54.3 Å². The lowest BCUT2D eigenvalue weighted by Gasteiger charge is -2.29. The van der Waals surface area contributed by atoms with Crippen molar-refractivity contribution < 1.29 is 23.8 Å². The smallest absolute Gasteiger partial charge is 0.329 e. The Bertz CT molecular complexity index is 886. The number of nitrogens with two attached hydrogens (primary N) is 1. The molecular weight excluding hydrogens is 401 g/mol. The van der Waals surface area contributed by atoms with Crippen LogP contribution in [0.4, 0.5) is 26.2 Å². The van der Waals surface area contributed by atoms with Crippen molar-refractivity contribution in [2.24, 2.45) is 11.8 Å². The van der Waals surface area contributed by atoms with E-state index in [1.165, 1.54) is 17.0 Å². The minimum absolute atomic E-state index is 0.0289. The van der Waals surface area contributed by atoms with Crippen LogP contribution >= 0.6 is 0 Å². The normalized spacial score (nSPS) is 18.4. The Labute approximate surface area is 181 Å². The number of carboxylic acids is 1. The van der Waals surface area contributed by atoms with Gasteiger partial charge in [-0.2, -0.15) is 0 Å². The number of rotatable bonds is 8. The van der Waals surface area contributed by atoms with Crippen molar-refractivity contribution >= 4 is 29.1 Å². The minimum atomic E-state index is -0.958. The average molecular weight is 429 g/mol. The zero-order chi connectivity index (χ0) is 22.2. The maximum absolute atomic E-state index is 14.0. The van der Waals surface area contributed by atoms with E-state index >= 15 is 0 Å². The van der Waals surface area contributed by atoms with E-state index < -0.39 is 11.8 Å². The molecule has 1 saturated carbocycles. The molecule has 0 spiro atoms. The summed E-state index contributed by atoms with van der Waals surface area (Å²) in [6, 6.07) is 13.0. The summed E-state index contributed by atoms with van der Waals surface area (Å²) in [7, 11) is 0. The van der Waals surface area contributed by atoms with Crippen LogP contribution in [0.5, 0.6) is 0 Å². The molecule has 31 heavy (non-hydrogen) atoms. The zero-order valence-corrected chi connectivity index (χ0v) is 17.3. The number of carboxylic acid groups (broad SMARTS) is 1. The van der Waals surface area contributed by atoms with E-state index in [0.717, 1.165) is 25.7 Å². The van der Waals surface area contributed by atoms with Gasteiger partial charge in [-0.05, 0) is 61.8 Å². The Morgan fingerprint density at radius 3 is 2.39 bits per heavy atom. The third-order valence-electron chi connectivity index (χ3n) is 5.55. The van der Waals surface area contributed by atoms with E-state index in [4.69, 9.17) is 15.6 Å². The maximum Gasteiger partial charge on any atom is 0.329 e. The number of ether oxygens (including phenoxy) is 1. The SMILES string of the molecule is Nc1ccc(N(C(=O)NC[C@H]2CC[C@H](COCC(=O)O)CC2)c2ccccc2)cc1F. The van der Waals surface area contributed by atoms with Crippen LogP contribution in [0.15, 0.2) is 48.5 Å². The highest BCUT2D eigenvalue weighted by Crippen LogP contribution is 2.30. The molecule has 0 aliphatic heterocycles. The number of nitrogen functional groups attached to an aromatic ring is 1. The molecule has 8 heteroatoms. The molecule has 1 aliphatic carbocycles. The number of carbonyl (C=O) groups is 2. The lowest BCUT2D eigenvalue weighted by atomic mass is 9.82. The highest BCUT2D eigenvalue weighted by Gasteiger charge is 2.24. The van der Waals surface area contributed by atoms with Crippen LogP contribution in [0.1, 0.15) is 25.7 Å². The second kappa shape index (κ2) is 10.8. The van der Waals surface area contributed by atoms with Gasteiger partial charge in [0.25, 0.3) is 0 Å². The topological polar surface area (TPSA) is 105 Å². The second-order valence-corrected chi connectivity index (χ2v) is 7.86. The van der Waals surface area contributed by atoms with Crippen molar-refractivity contribution in [2.45, 2.75) is 25.7 Å². The Kier molecular flexibility index (Phi) is 7.83. The van der Waals surface area contributed by atoms with Crippen molar-refractivity contribution in [1.29, 1.82) is 0 Å². The summed E-state index contributed by atoms with van der Waals surface area (Å²) < 4.78 is 19.2. The first-order valence-electron chi connectivity index (χ1n) is 10.4. The van der Waals surface area contributed by atoms with Crippen LogP contribution in [0.3, 0.4) is 0 Å². The van der Waals surface area contributed by atoms with Gasteiger partial charge >= 0.3 is 12.0 Å². The maximum atomic E-state index is 14.0. The first kappa shape index (κ1) is 22.6. The van der Waals surface area contributed by atoms with Crippen molar-refractivity contribution in [2.75, 3.05) is 30.4 Å². The van der Waals surface area contributed by atoms with E-state index in [9.17, 15) is 14.0 Å². The summed E-state index contributed by atoms with van der Waals surface area (Å²) >= 11 is 0. The van der Waals surface area contributed by atoms with Gasteiger partial charge in [0, 0.05) is 12.6 Å². The average Bonchev–Trinajstić information content (AvgIpc) is 2.76. The van der Waals surface area contributed by atoms with Gasteiger partial charge in [0.15, 0.2) is 0 Å². The Balaban J connectivity index is 1.58. The first-order valence-corrected chi connectivity index (χ1v) is 10.4. The second-order valence-electron chi connectivity index (χ2n) is 7.86. The Hall–Kier alpha value is -3.13. The molecule has 2 amide bonds. The molecule has 1 fully saturated rings. The summed E-state index contributed by atoms with van der Waals surface area (Å²) in [5, 5.41) is 11.6. The number of carbonyl (C=O) groups excluding carboxylic acids is 1. The van der Waals surface area contributed by atoms with Gasteiger partial charge in [-0.15, -0.1) is 0 Å². The van der Waals surface area contributed by atoms with E-state index in [2.05, 4.69) is 5.32 Å². The fraction of sp³-hybridized carbons (Fsp3) is 0.391. The molecule has 4 N–H and O–H groups in total. The molecule has 7 nitrogen and oxygen atoms in total. The largest absolute Gasteiger partial charge is 0.480 e. The van der Waals surface area contributed by atoms with Gasteiger partial charge in [-0.1, -0.05) is 18.2 Å². The first-order chi connectivity index (χ1) is 14.9. The van der Waals surface area contributed by atoms with Crippen molar-refractivity contribution in [3.63, 3.8) is 0 Å². The number of hydrogen-bond donors (Lipinski definition) is 3. The van der Waals surface area contributed by atoms with Crippen LogP contribution in [-0.4, -0.2) is 36.9 Å². The fourth-order valence-corrected chi connectivity index (χ4v) is 3.84. The molecule has 3 rings (SSSR count). The van der Waals surface area contributed by atoms with Crippen LogP contribution in [0.2, 0.25) is 0 Å². The quantitative estimate of drug-likeness (QED) is 0.547. The number of para-hydroxylation sites is 1. The number of aliphatic carboxylic acids is 1. The molecule has 0 bridgehead atoms. The minimum Gasteiger partial charge on any atom is -0.480 e. The third kappa shape index (κ3) is 6.42. The van der Waals surface area contributed by atoms with Gasteiger partial charge in [0.2, 0.25) is 0 Å². The monoisotopic (exact) mass is 429 g/mol. The van der Waals surface area contributed by atoms with Crippen LogP contribution < -0.4 is 16.0 Å². The summed E-state index contributed by atoms with van der Waals surface area (Å²) in [6.45, 7) is 0.704. The number of anilines is 3. The van der Waals surface area contributed by atoms with Gasteiger partial charge in [0.05, 0.1) is 23.7 Å². The lowest BCUT2D eigenvalue weighted by Crippen LogP contribution is -2.40. The summed E-state index contributed by atoms with van der Waals surface area (Å²) in [6.07, 6.45) is 3.74. The summed E-state index contributed by atoms with van der Waals surface area (Å²) in [5.41, 5.74) is 6.64. The standard InChI is InChI=1S/C23H28FN3O4/c24-20-12-19(10-11-21(20)25)27(18-4-2-1-3-5-18)23(30)26-13-16-6-8-17(9-7-16)14-31-15-22(28)29/h1-5,10-12,16-17H,6-9,13-15,25H2,(H,26,30)(H,28,29)/t16-,17-.